The molecule has 0 saturated heterocycles. The molecule has 0 spiro atoms. The van der Waals surface area contributed by atoms with Crippen molar-refractivity contribution in [1.29, 1.82) is 0 Å². The van der Waals surface area contributed by atoms with Gasteiger partial charge in [0.2, 0.25) is 0 Å². The zero-order valence-corrected chi connectivity index (χ0v) is 12.4. The molecule has 88 valence electrons. The third kappa shape index (κ3) is 2.95. The molecule has 0 aromatic heterocycles. The van der Waals surface area contributed by atoms with Crippen LogP contribution in [0.3, 0.4) is 0 Å². The van der Waals surface area contributed by atoms with E-state index >= 15 is 0 Å². The van der Waals surface area contributed by atoms with E-state index in [1.807, 2.05) is 0 Å². The highest BCUT2D eigenvalue weighted by molar-refractivity contribution is 7.15. The highest BCUT2D eigenvalue weighted by Crippen LogP contribution is 2.24. The Morgan fingerprint density at radius 3 is 2.00 bits per heavy atom. The second-order valence-electron chi connectivity index (χ2n) is 4.25. The van der Waals surface area contributed by atoms with Crippen LogP contribution in [0, 0.1) is 6.92 Å². The summed E-state index contributed by atoms with van der Waals surface area (Å²) in [5.74, 6) is 0. The molecule has 0 radical (unpaired) electrons. The minimum Gasteiger partial charge on any atom is -0.133 e. The highest BCUT2D eigenvalue weighted by Gasteiger charge is 2.01. The van der Waals surface area contributed by atoms with Crippen LogP contribution in [0.1, 0.15) is 16.7 Å². The average Bonchev–Trinajstić information content (AvgIpc) is 2.39. The highest BCUT2D eigenvalue weighted by atomic mass is 31.0. The van der Waals surface area contributed by atoms with Gasteiger partial charge in [0.1, 0.15) is 0 Å². The van der Waals surface area contributed by atoms with Crippen LogP contribution in [-0.4, -0.2) is 0 Å². The molecule has 2 unspecified atom stereocenters. The van der Waals surface area contributed by atoms with Gasteiger partial charge in [-0.25, -0.2) is 0 Å². The fourth-order valence-corrected chi connectivity index (χ4v) is 2.67. The summed E-state index contributed by atoms with van der Waals surface area (Å²) in [6, 6.07) is 15.5. The third-order valence-corrected chi connectivity index (χ3v) is 4.00. The molecule has 0 aliphatic rings. The Balaban J connectivity index is 2.35. The summed E-state index contributed by atoms with van der Waals surface area (Å²) < 4.78 is 0. The van der Waals surface area contributed by atoms with E-state index in [0.717, 1.165) is 12.3 Å². The molecule has 0 fully saturated rings. The average molecular weight is 260 g/mol. The largest absolute Gasteiger partial charge is 0.133 e. The smallest absolute Gasteiger partial charge is 0.0126 e. The van der Waals surface area contributed by atoms with Crippen molar-refractivity contribution < 1.29 is 0 Å². The Hall–Kier alpha value is -0.700. The number of hydrogen-bond acceptors (Lipinski definition) is 0. The van der Waals surface area contributed by atoms with Gasteiger partial charge >= 0.3 is 0 Å². The van der Waals surface area contributed by atoms with E-state index in [1.54, 1.807) is 0 Å². The van der Waals surface area contributed by atoms with Crippen molar-refractivity contribution in [2.24, 2.45) is 0 Å². The lowest BCUT2D eigenvalue weighted by Crippen LogP contribution is -1.86. The molecule has 0 saturated carbocycles. The van der Waals surface area contributed by atoms with Crippen molar-refractivity contribution in [3.05, 3.63) is 59.2 Å². The van der Waals surface area contributed by atoms with Crippen LogP contribution >= 0.6 is 18.5 Å². The summed E-state index contributed by atoms with van der Waals surface area (Å²) in [6.45, 7) is 2.18. The number of rotatable bonds is 3. The minimum absolute atomic E-state index is 1.02. The van der Waals surface area contributed by atoms with E-state index in [-0.39, 0.29) is 0 Å². The predicted octanol–water partition coefficient (Wildman–Crippen LogP) is 4.41. The van der Waals surface area contributed by atoms with Crippen molar-refractivity contribution in [2.45, 2.75) is 19.2 Å². The van der Waals surface area contributed by atoms with Gasteiger partial charge in [-0.1, -0.05) is 42.5 Å². The monoisotopic (exact) mass is 260 g/mol. The lowest BCUT2D eigenvalue weighted by atomic mass is 10.00. The SMILES string of the molecule is Cc1cc(-c2ccc(CP)cc2)ccc1CP. The lowest BCUT2D eigenvalue weighted by molar-refractivity contribution is 1.31. The molecule has 0 aliphatic carbocycles. The van der Waals surface area contributed by atoms with Crippen LogP contribution < -0.4 is 0 Å². The Morgan fingerprint density at radius 1 is 0.824 bits per heavy atom. The van der Waals surface area contributed by atoms with Crippen molar-refractivity contribution in [1.82, 2.24) is 0 Å². The van der Waals surface area contributed by atoms with Crippen LogP contribution in [-0.2, 0) is 12.3 Å². The maximum Gasteiger partial charge on any atom is -0.0126 e. The van der Waals surface area contributed by atoms with Crippen LogP contribution in [0.2, 0.25) is 0 Å². The Labute approximate surface area is 108 Å². The number of aryl methyl sites for hydroxylation is 1. The van der Waals surface area contributed by atoms with E-state index in [0.29, 0.717) is 0 Å². The maximum absolute atomic E-state index is 2.78. The van der Waals surface area contributed by atoms with Crippen LogP contribution in [0.25, 0.3) is 11.1 Å². The van der Waals surface area contributed by atoms with E-state index in [4.69, 9.17) is 0 Å². The fraction of sp³-hybridized carbons (Fsp3) is 0.200. The quantitative estimate of drug-likeness (QED) is 0.717. The second kappa shape index (κ2) is 5.76. The van der Waals surface area contributed by atoms with Crippen molar-refractivity contribution in [2.75, 3.05) is 0 Å². The second-order valence-corrected chi connectivity index (χ2v) is 5.06. The fourth-order valence-electron chi connectivity index (χ4n) is 1.94. The molecule has 2 atom stereocenters. The maximum atomic E-state index is 2.78. The summed E-state index contributed by atoms with van der Waals surface area (Å²) in [4.78, 5) is 0. The Kier molecular flexibility index (Phi) is 4.32. The van der Waals surface area contributed by atoms with Crippen molar-refractivity contribution in [3.8, 4) is 11.1 Å². The van der Waals surface area contributed by atoms with Gasteiger partial charge in [0.15, 0.2) is 0 Å². The molecule has 2 aromatic rings. The zero-order chi connectivity index (χ0) is 12.3. The summed E-state index contributed by atoms with van der Waals surface area (Å²) >= 11 is 0. The van der Waals surface area contributed by atoms with E-state index in [9.17, 15) is 0 Å². The van der Waals surface area contributed by atoms with Gasteiger partial charge in [0, 0.05) is 0 Å². The van der Waals surface area contributed by atoms with E-state index < -0.39 is 0 Å². The van der Waals surface area contributed by atoms with Gasteiger partial charge < -0.3 is 0 Å². The molecule has 2 heteroatoms. The van der Waals surface area contributed by atoms with Crippen LogP contribution in [0.15, 0.2) is 42.5 Å². The predicted molar refractivity (Wildman–Crippen MR) is 83.4 cm³/mol. The molecular weight excluding hydrogens is 242 g/mol. The van der Waals surface area contributed by atoms with Gasteiger partial charge in [-0.15, -0.1) is 18.5 Å². The molecule has 0 aliphatic heterocycles. The first-order valence-electron chi connectivity index (χ1n) is 5.83. The normalized spacial score (nSPS) is 10.5. The summed E-state index contributed by atoms with van der Waals surface area (Å²) in [5, 5.41) is 0. The van der Waals surface area contributed by atoms with Crippen molar-refractivity contribution in [3.63, 3.8) is 0 Å². The van der Waals surface area contributed by atoms with Gasteiger partial charge in [-0.05, 0) is 47.1 Å². The van der Waals surface area contributed by atoms with Gasteiger partial charge in [0.25, 0.3) is 0 Å². The summed E-state index contributed by atoms with van der Waals surface area (Å²) in [6.07, 6.45) is 2.05. The molecule has 0 bridgehead atoms. The first-order chi connectivity index (χ1) is 8.24. The Morgan fingerprint density at radius 2 is 1.47 bits per heavy atom. The Bertz CT molecular complexity index is 501. The molecule has 0 N–H and O–H groups in total. The van der Waals surface area contributed by atoms with Crippen LogP contribution in [0.5, 0.6) is 0 Å². The summed E-state index contributed by atoms with van der Waals surface area (Å²) in [7, 11) is 5.54. The van der Waals surface area contributed by atoms with Crippen molar-refractivity contribution >= 4 is 18.5 Å². The molecule has 0 nitrogen and oxygen atoms in total. The molecule has 2 rings (SSSR count). The summed E-state index contributed by atoms with van der Waals surface area (Å²) in [5.41, 5.74) is 6.73. The molecule has 0 heterocycles. The minimum atomic E-state index is 1.02. The number of benzene rings is 2. The van der Waals surface area contributed by atoms with Gasteiger partial charge in [0.05, 0.1) is 0 Å². The third-order valence-electron chi connectivity index (χ3n) is 3.09. The number of hydrogen-bond donors (Lipinski definition) is 0. The lowest BCUT2D eigenvalue weighted by Gasteiger charge is -2.07. The van der Waals surface area contributed by atoms with Gasteiger partial charge in [-0.3, -0.25) is 0 Å². The van der Waals surface area contributed by atoms with Gasteiger partial charge in [-0.2, -0.15) is 0 Å². The first kappa shape index (κ1) is 12.7. The van der Waals surface area contributed by atoms with E-state index in [1.165, 1.54) is 27.8 Å². The zero-order valence-electron chi connectivity index (χ0n) is 10.1. The molecule has 17 heavy (non-hydrogen) atoms. The molecule has 0 amide bonds. The molecule has 2 aromatic carbocycles. The van der Waals surface area contributed by atoms with Crippen LogP contribution in [0.4, 0.5) is 0 Å². The molecular formula is C15H18P2. The topological polar surface area (TPSA) is 0 Å². The standard InChI is InChI=1S/C15H18P2/c1-11-8-14(6-7-15(11)10-17)13-4-2-12(9-16)3-5-13/h2-8H,9-10,16-17H2,1H3. The first-order valence-corrected chi connectivity index (χ1v) is 7.47. The van der Waals surface area contributed by atoms with E-state index in [2.05, 4.69) is 67.9 Å².